The van der Waals surface area contributed by atoms with Gasteiger partial charge >= 0.3 is 0 Å². The molecule has 0 aromatic heterocycles. The zero-order valence-corrected chi connectivity index (χ0v) is 9.84. The van der Waals surface area contributed by atoms with Crippen molar-refractivity contribution < 1.29 is 5.11 Å². The molecule has 14 heavy (non-hydrogen) atoms. The van der Waals surface area contributed by atoms with Crippen molar-refractivity contribution in [1.82, 2.24) is 5.32 Å². The Morgan fingerprint density at radius 3 is 2.36 bits per heavy atom. The Bertz CT molecular complexity index is 160. The van der Waals surface area contributed by atoms with E-state index in [0.29, 0.717) is 6.04 Å². The molecule has 0 heterocycles. The lowest BCUT2D eigenvalue weighted by molar-refractivity contribution is -0.00694. The fourth-order valence-corrected chi connectivity index (χ4v) is 2.12. The summed E-state index contributed by atoms with van der Waals surface area (Å²) >= 11 is 0. The van der Waals surface area contributed by atoms with Gasteiger partial charge in [0, 0.05) is 6.04 Å². The van der Waals surface area contributed by atoms with Crippen LogP contribution in [0.15, 0.2) is 0 Å². The summed E-state index contributed by atoms with van der Waals surface area (Å²) in [5.41, 5.74) is -0.351. The second-order valence-corrected chi connectivity index (χ2v) is 5.15. The van der Waals surface area contributed by atoms with Crippen LogP contribution in [0.5, 0.6) is 0 Å². The summed E-state index contributed by atoms with van der Waals surface area (Å²) in [6, 6.07) is 0.643. The van der Waals surface area contributed by atoms with Crippen LogP contribution in [0.2, 0.25) is 0 Å². The third-order valence-corrected chi connectivity index (χ3v) is 3.39. The molecular weight excluding hydrogens is 174 g/mol. The van der Waals surface area contributed by atoms with Crippen molar-refractivity contribution in [3.63, 3.8) is 0 Å². The minimum atomic E-state index is -0.351. The Labute approximate surface area is 88.1 Å². The topological polar surface area (TPSA) is 32.3 Å². The molecule has 0 unspecified atom stereocenters. The highest BCUT2D eigenvalue weighted by atomic mass is 16.3. The summed E-state index contributed by atoms with van der Waals surface area (Å²) in [4.78, 5) is 0. The maximum atomic E-state index is 10.0. The van der Waals surface area contributed by atoms with Crippen molar-refractivity contribution in [1.29, 1.82) is 0 Å². The predicted molar refractivity (Wildman–Crippen MR) is 60.3 cm³/mol. The molecule has 0 bridgehead atoms. The molecule has 1 aliphatic carbocycles. The lowest BCUT2D eigenvalue weighted by Gasteiger charge is -2.36. The van der Waals surface area contributed by atoms with E-state index in [4.69, 9.17) is 0 Å². The van der Waals surface area contributed by atoms with Gasteiger partial charge in [0.25, 0.3) is 0 Å². The van der Waals surface area contributed by atoms with E-state index in [-0.39, 0.29) is 5.60 Å². The van der Waals surface area contributed by atoms with Crippen molar-refractivity contribution in [2.45, 2.75) is 64.5 Å². The van der Waals surface area contributed by atoms with Crippen LogP contribution >= 0.6 is 0 Å². The van der Waals surface area contributed by atoms with Crippen LogP contribution in [0.1, 0.15) is 52.9 Å². The Morgan fingerprint density at radius 2 is 1.93 bits per heavy atom. The average molecular weight is 199 g/mol. The molecule has 0 aromatic rings. The predicted octanol–water partition coefficient (Wildman–Crippen LogP) is 2.32. The third kappa shape index (κ3) is 3.58. The highest BCUT2D eigenvalue weighted by molar-refractivity contribution is 4.87. The summed E-state index contributed by atoms with van der Waals surface area (Å²) in [7, 11) is 0. The second kappa shape index (κ2) is 5.13. The van der Waals surface area contributed by atoms with Crippen LogP contribution in [-0.2, 0) is 0 Å². The minimum absolute atomic E-state index is 0.351. The second-order valence-electron chi connectivity index (χ2n) is 5.15. The molecular formula is C12H25NO. The third-order valence-electron chi connectivity index (χ3n) is 3.39. The number of rotatable bonds is 4. The van der Waals surface area contributed by atoms with Crippen molar-refractivity contribution in [3.8, 4) is 0 Å². The normalized spacial score (nSPS) is 33.6. The van der Waals surface area contributed by atoms with Crippen LogP contribution < -0.4 is 5.32 Å². The van der Waals surface area contributed by atoms with Gasteiger partial charge in [-0.2, -0.15) is 0 Å². The number of hydrogen-bond acceptors (Lipinski definition) is 2. The van der Waals surface area contributed by atoms with Gasteiger partial charge in [0.15, 0.2) is 0 Å². The largest absolute Gasteiger partial charge is 0.390 e. The van der Waals surface area contributed by atoms with Crippen molar-refractivity contribution in [2.75, 3.05) is 6.54 Å². The van der Waals surface area contributed by atoms with Crippen LogP contribution in [0, 0.1) is 5.92 Å². The Morgan fingerprint density at radius 1 is 1.36 bits per heavy atom. The first-order chi connectivity index (χ1) is 6.56. The minimum Gasteiger partial charge on any atom is -0.390 e. The van der Waals surface area contributed by atoms with E-state index < -0.39 is 0 Å². The quantitative estimate of drug-likeness (QED) is 0.728. The van der Waals surface area contributed by atoms with Gasteiger partial charge in [0.05, 0.1) is 5.60 Å². The standard InChI is InChI=1S/C12H25NO/c1-4-12(14)7-5-11(6-8-12)13-9-10(2)3/h10-11,13-14H,4-9H2,1-3H3. The van der Waals surface area contributed by atoms with Crippen LogP contribution in [0.4, 0.5) is 0 Å². The molecule has 0 amide bonds. The SMILES string of the molecule is CCC1(O)CCC(NCC(C)C)CC1. The van der Waals surface area contributed by atoms with Crippen molar-refractivity contribution >= 4 is 0 Å². The molecule has 1 rings (SSSR count). The van der Waals surface area contributed by atoms with Gasteiger partial charge in [0.1, 0.15) is 0 Å². The lowest BCUT2D eigenvalue weighted by Crippen LogP contribution is -2.41. The first-order valence-electron chi connectivity index (χ1n) is 6.01. The van der Waals surface area contributed by atoms with Crippen molar-refractivity contribution in [3.05, 3.63) is 0 Å². The number of hydrogen-bond donors (Lipinski definition) is 2. The Kier molecular flexibility index (Phi) is 4.39. The van der Waals surface area contributed by atoms with Gasteiger partial charge in [-0.25, -0.2) is 0 Å². The smallest absolute Gasteiger partial charge is 0.0646 e. The fourth-order valence-electron chi connectivity index (χ4n) is 2.12. The average Bonchev–Trinajstić information content (AvgIpc) is 2.17. The Hall–Kier alpha value is -0.0800. The van der Waals surface area contributed by atoms with E-state index in [2.05, 4.69) is 26.1 Å². The highest BCUT2D eigenvalue weighted by Gasteiger charge is 2.30. The maximum absolute atomic E-state index is 10.0. The summed E-state index contributed by atoms with van der Waals surface area (Å²) < 4.78 is 0. The van der Waals surface area contributed by atoms with Gasteiger partial charge in [-0.1, -0.05) is 20.8 Å². The summed E-state index contributed by atoms with van der Waals surface area (Å²) in [5, 5.41) is 13.6. The van der Waals surface area contributed by atoms with Gasteiger partial charge < -0.3 is 10.4 Å². The van der Waals surface area contributed by atoms with Gasteiger partial charge in [-0.05, 0) is 44.6 Å². The van der Waals surface area contributed by atoms with E-state index >= 15 is 0 Å². The zero-order valence-electron chi connectivity index (χ0n) is 9.84. The maximum Gasteiger partial charge on any atom is 0.0646 e. The van der Waals surface area contributed by atoms with Crippen LogP contribution in [-0.4, -0.2) is 23.3 Å². The van der Waals surface area contributed by atoms with Gasteiger partial charge in [0.2, 0.25) is 0 Å². The van der Waals surface area contributed by atoms with Gasteiger partial charge in [-0.15, -0.1) is 0 Å². The molecule has 0 aliphatic heterocycles. The zero-order chi connectivity index (χ0) is 10.6. The number of nitrogens with one attached hydrogen (secondary N) is 1. The summed E-state index contributed by atoms with van der Waals surface area (Å²) in [6.07, 6.45) is 5.12. The molecule has 0 spiro atoms. The molecule has 1 saturated carbocycles. The molecule has 2 N–H and O–H groups in total. The van der Waals surface area contributed by atoms with E-state index in [0.717, 1.165) is 44.6 Å². The molecule has 0 radical (unpaired) electrons. The van der Waals surface area contributed by atoms with E-state index in [1.165, 1.54) is 0 Å². The van der Waals surface area contributed by atoms with Crippen molar-refractivity contribution in [2.24, 2.45) is 5.92 Å². The molecule has 2 nitrogen and oxygen atoms in total. The Balaban J connectivity index is 2.22. The molecule has 84 valence electrons. The first kappa shape index (κ1) is 12.0. The molecule has 2 heteroatoms. The molecule has 0 saturated heterocycles. The lowest BCUT2D eigenvalue weighted by atomic mass is 9.80. The molecule has 0 aromatic carbocycles. The monoisotopic (exact) mass is 199 g/mol. The highest BCUT2D eigenvalue weighted by Crippen LogP contribution is 2.30. The van der Waals surface area contributed by atoms with E-state index in [9.17, 15) is 5.11 Å². The van der Waals surface area contributed by atoms with Crippen LogP contribution in [0.25, 0.3) is 0 Å². The molecule has 0 atom stereocenters. The first-order valence-corrected chi connectivity index (χ1v) is 6.01. The molecule has 1 fully saturated rings. The van der Waals surface area contributed by atoms with E-state index in [1.807, 2.05) is 0 Å². The fraction of sp³-hybridized carbons (Fsp3) is 1.00. The summed E-state index contributed by atoms with van der Waals surface area (Å²) in [5.74, 6) is 0.724. The van der Waals surface area contributed by atoms with Crippen LogP contribution in [0.3, 0.4) is 0 Å². The summed E-state index contributed by atoms with van der Waals surface area (Å²) in [6.45, 7) is 7.66. The van der Waals surface area contributed by atoms with E-state index in [1.54, 1.807) is 0 Å². The number of aliphatic hydroxyl groups is 1. The molecule has 1 aliphatic rings. The van der Waals surface area contributed by atoms with Gasteiger partial charge in [-0.3, -0.25) is 0 Å².